The van der Waals surface area contributed by atoms with Gasteiger partial charge in [0.1, 0.15) is 5.82 Å². The minimum absolute atomic E-state index is 0.0201. The van der Waals surface area contributed by atoms with Gasteiger partial charge in [-0.25, -0.2) is 0 Å². The van der Waals surface area contributed by atoms with Crippen LogP contribution in [0.4, 0.5) is 11.5 Å². The summed E-state index contributed by atoms with van der Waals surface area (Å²) in [4.78, 5) is 48.5. The number of hydrogen-bond acceptors (Lipinski definition) is 5. The van der Waals surface area contributed by atoms with Crippen molar-refractivity contribution in [2.24, 2.45) is 5.92 Å². The van der Waals surface area contributed by atoms with Gasteiger partial charge in [-0.05, 0) is 30.5 Å². The molecule has 2 heterocycles. The quantitative estimate of drug-likeness (QED) is 0.707. The van der Waals surface area contributed by atoms with Crippen LogP contribution in [0.3, 0.4) is 0 Å². The van der Waals surface area contributed by atoms with Crippen molar-refractivity contribution in [1.29, 1.82) is 0 Å². The smallest absolute Gasteiger partial charge is 0.262 e. The predicted octanol–water partition coefficient (Wildman–Crippen LogP) is 1.60. The van der Waals surface area contributed by atoms with Gasteiger partial charge in [-0.3, -0.25) is 29.1 Å². The summed E-state index contributed by atoms with van der Waals surface area (Å²) in [6.45, 7) is 5.63. The number of nitrogen functional groups attached to an aromatic ring is 1. The van der Waals surface area contributed by atoms with Gasteiger partial charge < -0.3 is 11.1 Å². The number of rotatable bonds is 4. The van der Waals surface area contributed by atoms with Gasteiger partial charge >= 0.3 is 0 Å². The molecule has 1 aromatic carbocycles. The SMILES string of the molecule is Cc1c(NC(=O)CC(C)C)cccc1-n1c(N)c2c(cc1=O)C(=O)NC2=O. The molecule has 140 valence electrons. The van der Waals surface area contributed by atoms with Gasteiger partial charge in [-0.1, -0.05) is 19.9 Å². The molecule has 0 fully saturated rings. The number of nitrogens with two attached hydrogens (primary N) is 1. The molecule has 1 aromatic heterocycles. The standard InChI is InChI=1S/C19H20N4O4/c1-9(2)7-14(24)21-12-5-4-6-13(10(12)3)23-15(25)8-11-16(17(23)20)19(27)22-18(11)26/h4-6,8-9H,7,20H2,1-3H3,(H,21,24)(H,22,26,27). The molecule has 0 bridgehead atoms. The number of imide groups is 1. The van der Waals surface area contributed by atoms with Crippen LogP contribution in [-0.2, 0) is 4.79 Å². The summed E-state index contributed by atoms with van der Waals surface area (Å²) >= 11 is 0. The molecule has 0 unspecified atom stereocenters. The largest absolute Gasteiger partial charge is 0.384 e. The summed E-state index contributed by atoms with van der Waals surface area (Å²) in [5, 5.41) is 4.96. The van der Waals surface area contributed by atoms with Crippen LogP contribution in [-0.4, -0.2) is 22.3 Å². The van der Waals surface area contributed by atoms with Crippen molar-refractivity contribution >= 4 is 29.2 Å². The van der Waals surface area contributed by atoms with E-state index in [-0.39, 0.29) is 28.8 Å². The van der Waals surface area contributed by atoms with E-state index in [0.717, 1.165) is 6.07 Å². The molecule has 27 heavy (non-hydrogen) atoms. The Kier molecular flexibility index (Phi) is 4.57. The molecular weight excluding hydrogens is 348 g/mol. The zero-order chi connectivity index (χ0) is 19.9. The lowest BCUT2D eigenvalue weighted by molar-refractivity contribution is -0.116. The molecule has 3 rings (SSSR count). The number of benzene rings is 1. The van der Waals surface area contributed by atoms with Crippen molar-refractivity contribution in [3.8, 4) is 5.69 Å². The molecule has 0 saturated heterocycles. The Labute approximate surface area is 155 Å². The van der Waals surface area contributed by atoms with Crippen molar-refractivity contribution in [1.82, 2.24) is 9.88 Å². The average Bonchev–Trinajstić information content (AvgIpc) is 2.84. The van der Waals surface area contributed by atoms with Gasteiger partial charge in [0.05, 0.1) is 16.8 Å². The van der Waals surface area contributed by atoms with Crippen LogP contribution >= 0.6 is 0 Å². The number of nitrogens with zero attached hydrogens (tertiary/aromatic N) is 1. The van der Waals surface area contributed by atoms with Crippen LogP contribution < -0.4 is 21.9 Å². The number of anilines is 2. The molecule has 1 aliphatic heterocycles. The van der Waals surface area contributed by atoms with E-state index < -0.39 is 17.4 Å². The Bertz CT molecular complexity index is 1040. The second-order valence-electron chi connectivity index (χ2n) is 6.87. The van der Waals surface area contributed by atoms with E-state index in [9.17, 15) is 19.2 Å². The fourth-order valence-electron chi connectivity index (χ4n) is 3.10. The summed E-state index contributed by atoms with van der Waals surface area (Å²) < 4.78 is 1.17. The third-order valence-corrected chi connectivity index (χ3v) is 4.37. The summed E-state index contributed by atoms with van der Waals surface area (Å²) in [5.41, 5.74) is 7.07. The van der Waals surface area contributed by atoms with Gasteiger partial charge in [0.15, 0.2) is 0 Å². The maximum Gasteiger partial charge on any atom is 0.262 e. The molecule has 0 spiro atoms. The number of carbonyl (C=O) groups is 3. The highest BCUT2D eigenvalue weighted by molar-refractivity contribution is 6.23. The fourth-order valence-corrected chi connectivity index (χ4v) is 3.10. The predicted molar refractivity (Wildman–Crippen MR) is 101 cm³/mol. The Morgan fingerprint density at radius 2 is 1.93 bits per heavy atom. The van der Waals surface area contributed by atoms with Crippen LogP contribution in [0.1, 0.15) is 46.5 Å². The van der Waals surface area contributed by atoms with Gasteiger partial charge in [0.2, 0.25) is 5.91 Å². The number of nitrogens with one attached hydrogen (secondary N) is 2. The highest BCUT2D eigenvalue weighted by Crippen LogP contribution is 2.27. The summed E-state index contributed by atoms with van der Waals surface area (Å²) in [5.74, 6) is -1.32. The van der Waals surface area contributed by atoms with Crippen molar-refractivity contribution in [3.05, 3.63) is 51.3 Å². The Balaban J connectivity index is 2.11. The van der Waals surface area contributed by atoms with E-state index in [1.54, 1.807) is 25.1 Å². The Hall–Kier alpha value is -3.42. The average molecular weight is 368 g/mol. The number of amides is 3. The third kappa shape index (κ3) is 3.21. The van der Waals surface area contributed by atoms with Crippen LogP contribution in [0, 0.1) is 12.8 Å². The van der Waals surface area contributed by atoms with Crippen molar-refractivity contribution in [2.45, 2.75) is 27.2 Å². The molecule has 3 amide bonds. The van der Waals surface area contributed by atoms with Gasteiger partial charge in [-0.2, -0.15) is 0 Å². The monoisotopic (exact) mass is 368 g/mol. The molecular formula is C19H20N4O4. The Morgan fingerprint density at radius 3 is 2.59 bits per heavy atom. The molecule has 8 nitrogen and oxygen atoms in total. The first-order valence-corrected chi connectivity index (χ1v) is 8.51. The number of pyridine rings is 1. The zero-order valence-corrected chi connectivity index (χ0v) is 15.3. The molecule has 0 saturated carbocycles. The number of aromatic nitrogens is 1. The molecule has 4 N–H and O–H groups in total. The second-order valence-corrected chi connectivity index (χ2v) is 6.87. The second kappa shape index (κ2) is 6.71. The van der Waals surface area contributed by atoms with Crippen LogP contribution in [0.25, 0.3) is 5.69 Å². The molecule has 0 atom stereocenters. The van der Waals surface area contributed by atoms with E-state index in [4.69, 9.17) is 5.73 Å². The molecule has 2 aromatic rings. The lowest BCUT2D eigenvalue weighted by Crippen LogP contribution is -2.25. The van der Waals surface area contributed by atoms with Gasteiger partial charge in [0.25, 0.3) is 17.4 Å². The van der Waals surface area contributed by atoms with Gasteiger partial charge in [0, 0.05) is 18.2 Å². The van der Waals surface area contributed by atoms with Crippen molar-refractivity contribution in [2.75, 3.05) is 11.1 Å². The van der Waals surface area contributed by atoms with Crippen LogP contribution in [0.5, 0.6) is 0 Å². The lowest BCUT2D eigenvalue weighted by atomic mass is 10.1. The number of hydrogen-bond donors (Lipinski definition) is 3. The lowest BCUT2D eigenvalue weighted by Gasteiger charge is -2.17. The summed E-state index contributed by atoms with van der Waals surface area (Å²) in [6, 6.07) is 6.15. The van der Waals surface area contributed by atoms with E-state index in [1.165, 1.54) is 4.57 Å². The minimum Gasteiger partial charge on any atom is -0.384 e. The third-order valence-electron chi connectivity index (χ3n) is 4.37. The first-order chi connectivity index (χ1) is 12.7. The van der Waals surface area contributed by atoms with E-state index in [1.807, 2.05) is 13.8 Å². The fraction of sp³-hybridized carbons (Fsp3) is 0.263. The van der Waals surface area contributed by atoms with E-state index >= 15 is 0 Å². The van der Waals surface area contributed by atoms with Crippen molar-refractivity contribution < 1.29 is 14.4 Å². The van der Waals surface area contributed by atoms with Crippen molar-refractivity contribution in [3.63, 3.8) is 0 Å². The topological polar surface area (TPSA) is 123 Å². The van der Waals surface area contributed by atoms with Gasteiger partial charge in [-0.15, -0.1) is 0 Å². The first-order valence-electron chi connectivity index (χ1n) is 8.51. The molecule has 0 radical (unpaired) electrons. The highest BCUT2D eigenvalue weighted by atomic mass is 16.2. The first kappa shape index (κ1) is 18.4. The Morgan fingerprint density at radius 1 is 1.22 bits per heavy atom. The number of fused-ring (bicyclic) bond motifs is 1. The molecule has 1 aliphatic rings. The molecule has 0 aliphatic carbocycles. The zero-order valence-electron chi connectivity index (χ0n) is 15.3. The minimum atomic E-state index is -0.641. The normalized spacial score (nSPS) is 12.9. The summed E-state index contributed by atoms with van der Waals surface area (Å²) in [6.07, 6.45) is 0.368. The number of carbonyl (C=O) groups excluding carboxylic acids is 3. The van der Waals surface area contributed by atoms with Crippen LogP contribution in [0.15, 0.2) is 29.1 Å². The maximum absolute atomic E-state index is 12.6. The maximum atomic E-state index is 12.6. The molecule has 8 heteroatoms. The van der Waals surface area contributed by atoms with E-state index in [0.29, 0.717) is 23.4 Å². The summed E-state index contributed by atoms with van der Waals surface area (Å²) in [7, 11) is 0. The van der Waals surface area contributed by atoms with Crippen LogP contribution in [0.2, 0.25) is 0 Å². The van der Waals surface area contributed by atoms with E-state index in [2.05, 4.69) is 10.6 Å². The highest BCUT2D eigenvalue weighted by Gasteiger charge is 2.32.